The van der Waals surface area contributed by atoms with E-state index in [1.54, 1.807) is 0 Å². The summed E-state index contributed by atoms with van der Waals surface area (Å²) < 4.78 is 2.19. The first-order valence-electron chi connectivity index (χ1n) is 10.4. The maximum absolute atomic E-state index is 9.42. The van der Waals surface area contributed by atoms with E-state index < -0.39 is 0 Å². The van der Waals surface area contributed by atoms with Gasteiger partial charge in [-0.25, -0.2) is 9.97 Å². The third-order valence-corrected chi connectivity index (χ3v) is 5.51. The lowest BCUT2D eigenvalue weighted by molar-refractivity contribution is 0.256. The minimum Gasteiger partial charge on any atom is -0.396 e. The van der Waals surface area contributed by atoms with Crippen LogP contribution in [0.3, 0.4) is 0 Å². The molecule has 28 heavy (non-hydrogen) atoms. The van der Waals surface area contributed by atoms with Gasteiger partial charge in [-0.3, -0.25) is 4.98 Å². The lowest BCUT2D eigenvalue weighted by Crippen LogP contribution is -2.10. The molecular weight excluding hydrogens is 348 g/mol. The fourth-order valence-electron chi connectivity index (χ4n) is 3.83. The molecule has 0 aliphatic heterocycles. The smallest absolute Gasteiger partial charge is 0.159 e. The number of hydrogen-bond acceptors (Lipinski definition) is 4. The van der Waals surface area contributed by atoms with Crippen molar-refractivity contribution in [3.8, 4) is 11.3 Å². The summed E-state index contributed by atoms with van der Waals surface area (Å²) in [6.45, 7) is 12.9. The number of hydrogen-bond donors (Lipinski definition) is 1. The predicted octanol–water partition coefficient (Wildman–Crippen LogP) is 5.13. The Bertz CT molecular complexity index is 974. The van der Waals surface area contributed by atoms with Crippen molar-refractivity contribution in [2.24, 2.45) is 0 Å². The van der Waals surface area contributed by atoms with Gasteiger partial charge in [-0.2, -0.15) is 0 Å². The molecule has 0 aromatic carbocycles. The molecule has 0 unspecified atom stereocenters. The van der Waals surface area contributed by atoms with E-state index in [0.29, 0.717) is 5.92 Å². The minimum atomic E-state index is 0.176. The quantitative estimate of drug-likeness (QED) is 0.617. The Kier molecular flexibility index (Phi) is 6.14. The molecule has 150 valence electrons. The zero-order chi connectivity index (χ0) is 20.4. The number of pyridine rings is 1. The fourth-order valence-corrected chi connectivity index (χ4v) is 3.83. The Morgan fingerprint density at radius 2 is 1.82 bits per heavy atom. The minimum absolute atomic E-state index is 0.176. The summed E-state index contributed by atoms with van der Waals surface area (Å²) in [6, 6.07) is 4.49. The summed E-state index contributed by atoms with van der Waals surface area (Å²) in [6.07, 6.45) is 4.66. The second-order valence-corrected chi connectivity index (χ2v) is 7.86. The maximum Gasteiger partial charge on any atom is 0.159 e. The number of fused-ring (bicyclic) bond motifs is 1. The fraction of sp³-hybridized carbons (Fsp3) is 0.522. The average Bonchev–Trinajstić information content (AvgIpc) is 3.00. The van der Waals surface area contributed by atoms with Crippen LogP contribution in [0.4, 0.5) is 0 Å². The second-order valence-electron chi connectivity index (χ2n) is 7.86. The highest BCUT2D eigenvalue weighted by Gasteiger charge is 2.19. The van der Waals surface area contributed by atoms with Gasteiger partial charge in [-0.05, 0) is 56.7 Å². The van der Waals surface area contributed by atoms with E-state index in [1.165, 1.54) is 0 Å². The molecule has 5 nitrogen and oxygen atoms in total. The number of nitrogens with zero attached hydrogens (tertiary/aromatic N) is 4. The Labute approximate surface area is 167 Å². The highest BCUT2D eigenvalue weighted by atomic mass is 16.3. The van der Waals surface area contributed by atoms with Crippen LogP contribution in [-0.2, 0) is 6.42 Å². The van der Waals surface area contributed by atoms with Gasteiger partial charge < -0.3 is 9.67 Å². The van der Waals surface area contributed by atoms with Crippen molar-refractivity contribution >= 4 is 11.2 Å². The number of aromatic nitrogens is 4. The van der Waals surface area contributed by atoms with Crippen molar-refractivity contribution in [3.63, 3.8) is 0 Å². The molecule has 1 atom stereocenters. The van der Waals surface area contributed by atoms with E-state index in [1.807, 2.05) is 6.92 Å². The summed E-state index contributed by atoms with van der Waals surface area (Å²) in [7, 11) is 0. The Morgan fingerprint density at radius 3 is 2.43 bits per heavy atom. The molecular formula is C23H32N4O. The molecule has 0 spiro atoms. The summed E-state index contributed by atoms with van der Waals surface area (Å²) >= 11 is 0. The number of aliphatic hydroxyl groups is 1. The van der Waals surface area contributed by atoms with E-state index in [2.05, 4.69) is 57.5 Å². The van der Waals surface area contributed by atoms with Gasteiger partial charge in [-0.1, -0.05) is 27.7 Å². The molecule has 0 aliphatic carbocycles. The maximum atomic E-state index is 9.42. The van der Waals surface area contributed by atoms with Gasteiger partial charge in [0, 0.05) is 35.8 Å². The first-order valence-corrected chi connectivity index (χ1v) is 10.4. The Hall–Kier alpha value is -2.27. The van der Waals surface area contributed by atoms with Crippen LogP contribution in [0.15, 0.2) is 18.3 Å². The zero-order valence-corrected chi connectivity index (χ0v) is 18.0. The standard InChI is InChI=1S/C23H32N4O/c1-7-17(11-12-28)27-13-15(5)21-23(27)24-16(6)22(26-21)18-9-10-20(14(3)4)25-19(18)8-2/h9-10,13-14,17,28H,7-8,11-12H2,1-6H3/t17-/m0/s1. The van der Waals surface area contributed by atoms with Crippen LogP contribution in [0, 0.1) is 13.8 Å². The van der Waals surface area contributed by atoms with Gasteiger partial charge in [0.2, 0.25) is 0 Å². The van der Waals surface area contributed by atoms with Crippen LogP contribution in [-0.4, -0.2) is 31.2 Å². The van der Waals surface area contributed by atoms with Gasteiger partial charge in [0.1, 0.15) is 5.52 Å². The molecule has 5 heteroatoms. The van der Waals surface area contributed by atoms with Gasteiger partial charge in [0.15, 0.2) is 5.65 Å². The molecule has 3 aromatic rings. The summed E-state index contributed by atoms with van der Waals surface area (Å²) in [5, 5.41) is 9.42. The molecule has 3 heterocycles. The van der Waals surface area contributed by atoms with Crippen LogP contribution in [0.1, 0.15) is 75.1 Å². The molecule has 3 aromatic heterocycles. The summed E-state index contributed by atoms with van der Waals surface area (Å²) in [5.74, 6) is 0.405. The Balaban J connectivity index is 2.17. The number of aliphatic hydroxyl groups excluding tert-OH is 1. The van der Waals surface area contributed by atoms with E-state index in [0.717, 1.165) is 64.3 Å². The first-order chi connectivity index (χ1) is 13.4. The van der Waals surface area contributed by atoms with Crippen LogP contribution < -0.4 is 0 Å². The lowest BCUT2D eigenvalue weighted by atomic mass is 10.0. The average molecular weight is 381 g/mol. The highest BCUT2D eigenvalue weighted by Crippen LogP contribution is 2.31. The number of rotatable bonds is 7. The van der Waals surface area contributed by atoms with Crippen LogP contribution in [0.25, 0.3) is 22.4 Å². The second kappa shape index (κ2) is 8.39. The molecule has 0 radical (unpaired) electrons. The molecule has 0 saturated carbocycles. The van der Waals surface area contributed by atoms with Gasteiger partial charge in [0.05, 0.1) is 11.4 Å². The first kappa shape index (κ1) is 20.5. The number of aryl methyl sites for hydroxylation is 3. The SMILES string of the molecule is CCc1nc(C(C)C)ccc1-c1nc2c(C)cn([C@@H](CC)CCO)c2nc1C. The van der Waals surface area contributed by atoms with E-state index in [4.69, 9.17) is 15.0 Å². The molecule has 0 aliphatic rings. The van der Waals surface area contributed by atoms with Gasteiger partial charge >= 0.3 is 0 Å². The van der Waals surface area contributed by atoms with Crippen LogP contribution in [0.2, 0.25) is 0 Å². The van der Waals surface area contributed by atoms with Crippen LogP contribution >= 0.6 is 0 Å². The largest absolute Gasteiger partial charge is 0.396 e. The Morgan fingerprint density at radius 1 is 1.07 bits per heavy atom. The molecule has 0 amide bonds. The third kappa shape index (κ3) is 3.68. The van der Waals surface area contributed by atoms with Crippen molar-refractivity contribution < 1.29 is 5.11 Å². The summed E-state index contributed by atoms with van der Waals surface area (Å²) in [5.41, 5.74) is 8.06. The topological polar surface area (TPSA) is 63.8 Å². The van der Waals surface area contributed by atoms with E-state index in [9.17, 15) is 5.11 Å². The third-order valence-electron chi connectivity index (χ3n) is 5.51. The van der Waals surface area contributed by atoms with Gasteiger partial charge in [-0.15, -0.1) is 0 Å². The normalized spacial score (nSPS) is 12.9. The highest BCUT2D eigenvalue weighted by molar-refractivity contribution is 5.80. The van der Waals surface area contributed by atoms with Crippen LogP contribution in [0.5, 0.6) is 0 Å². The van der Waals surface area contributed by atoms with E-state index in [-0.39, 0.29) is 12.6 Å². The lowest BCUT2D eigenvalue weighted by Gasteiger charge is -2.17. The molecule has 0 fully saturated rings. The molecule has 3 rings (SSSR count). The monoisotopic (exact) mass is 380 g/mol. The predicted molar refractivity (Wildman–Crippen MR) is 115 cm³/mol. The van der Waals surface area contributed by atoms with E-state index >= 15 is 0 Å². The summed E-state index contributed by atoms with van der Waals surface area (Å²) in [4.78, 5) is 14.9. The van der Waals surface area contributed by atoms with Crippen molar-refractivity contribution in [1.29, 1.82) is 0 Å². The molecule has 0 bridgehead atoms. The van der Waals surface area contributed by atoms with Crippen molar-refractivity contribution in [1.82, 2.24) is 19.5 Å². The molecule has 0 saturated heterocycles. The van der Waals surface area contributed by atoms with Crippen molar-refractivity contribution in [2.75, 3.05) is 6.61 Å². The zero-order valence-electron chi connectivity index (χ0n) is 18.0. The molecule has 1 N–H and O–H groups in total. The van der Waals surface area contributed by atoms with Crippen molar-refractivity contribution in [2.45, 2.75) is 72.8 Å². The van der Waals surface area contributed by atoms with Crippen molar-refractivity contribution in [3.05, 3.63) is 41.0 Å². The van der Waals surface area contributed by atoms with Gasteiger partial charge in [0.25, 0.3) is 0 Å².